The van der Waals surface area contributed by atoms with Gasteiger partial charge < -0.3 is 4.57 Å². The smallest absolute Gasteiger partial charge is 0.131 e. The summed E-state index contributed by atoms with van der Waals surface area (Å²) in [4.78, 5) is 0. The Hall–Kier alpha value is -3.39. The van der Waals surface area contributed by atoms with Crippen molar-refractivity contribution in [2.45, 2.75) is 46.6 Å². The summed E-state index contributed by atoms with van der Waals surface area (Å²) in [5.41, 5.74) is 6.48. The van der Waals surface area contributed by atoms with Gasteiger partial charge in [-0.1, -0.05) is 99.7 Å². The van der Waals surface area contributed by atoms with E-state index in [1.54, 1.807) is 12.1 Å². The zero-order valence-corrected chi connectivity index (χ0v) is 21.0. The SMILES string of the molecule is C=C(c1c(-c2ccccc2F)c2c3ccccc3ccc2n1CC1=CC=CCC1)C1CC1C.CC. The molecule has 0 spiro atoms. The Kier molecular flexibility index (Phi) is 6.47. The summed E-state index contributed by atoms with van der Waals surface area (Å²) in [5, 5.41) is 3.48. The second-order valence-corrected chi connectivity index (χ2v) is 9.61. The lowest BCUT2D eigenvalue weighted by molar-refractivity contribution is 0.631. The largest absolute Gasteiger partial charge is 0.336 e. The predicted octanol–water partition coefficient (Wildman–Crippen LogP) is 9.57. The third-order valence-corrected chi connectivity index (χ3v) is 7.42. The molecule has 2 aliphatic carbocycles. The van der Waals surface area contributed by atoms with Crippen LogP contribution in [0.5, 0.6) is 0 Å². The van der Waals surface area contributed by atoms with Crippen molar-refractivity contribution in [2.24, 2.45) is 11.8 Å². The molecule has 0 N–H and O–H groups in total. The fraction of sp³-hybridized carbons (Fsp3) is 0.273. The van der Waals surface area contributed by atoms with Crippen LogP contribution < -0.4 is 0 Å². The highest BCUT2D eigenvalue weighted by Crippen LogP contribution is 2.51. The van der Waals surface area contributed by atoms with Gasteiger partial charge in [0.2, 0.25) is 0 Å². The van der Waals surface area contributed by atoms with Gasteiger partial charge in [0.15, 0.2) is 0 Å². The normalized spacial score (nSPS) is 18.8. The van der Waals surface area contributed by atoms with Gasteiger partial charge in [0, 0.05) is 23.1 Å². The van der Waals surface area contributed by atoms with Crippen LogP contribution in [-0.2, 0) is 6.54 Å². The van der Waals surface area contributed by atoms with Crippen molar-refractivity contribution in [1.29, 1.82) is 0 Å². The molecular weight excluding hydrogens is 429 g/mol. The quantitative estimate of drug-likeness (QED) is 0.278. The zero-order chi connectivity index (χ0) is 24.5. The van der Waals surface area contributed by atoms with Gasteiger partial charge in [0.25, 0.3) is 0 Å². The van der Waals surface area contributed by atoms with Crippen molar-refractivity contribution in [3.8, 4) is 11.1 Å². The summed E-state index contributed by atoms with van der Waals surface area (Å²) < 4.78 is 17.8. The highest BCUT2D eigenvalue weighted by atomic mass is 19.1. The number of fused-ring (bicyclic) bond motifs is 3. The van der Waals surface area contributed by atoms with E-state index in [1.807, 2.05) is 26.0 Å². The molecule has 2 unspecified atom stereocenters. The molecule has 0 aliphatic heterocycles. The van der Waals surface area contributed by atoms with E-state index >= 15 is 4.39 Å². The van der Waals surface area contributed by atoms with Gasteiger partial charge in [-0.15, -0.1) is 0 Å². The summed E-state index contributed by atoms with van der Waals surface area (Å²) >= 11 is 0. The number of allylic oxidation sites excluding steroid dienone is 5. The van der Waals surface area contributed by atoms with E-state index in [-0.39, 0.29) is 5.82 Å². The van der Waals surface area contributed by atoms with E-state index in [0.717, 1.165) is 53.5 Å². The molecular formula is C33H34FN. The van der Waals surface area contributed by atoms with Crippen LogP contribution in [0.2, 0.25) is 0 Å². The van der Waals surface area contributed by atoms with Crippen LogP contribution in [0.1, 0.15) is 45.7 Å². The fourth-order valence-corrected chi connectivity index (χ4v) is 5.52. The monoisotopic (exact) mass is 463 g/mol. The highest BCUT2D eigenvalue weighted by molar-refractivity contribution is 6.16. The van der Waals surface area contributed by atoms with Gasteiger partial charge in [-0.05, 0) is 59.6 Å². The average Bonchev–Trinajstić information content (AvgIpc) is 3.55. The highest BCUT2D eigenvalue weighted by Gasteiger charge is 2.38. The maximum absolute atomic E-state index is 15.3. The number of benzene rings is 3. The molecule has 2 heteroatoms. The topological polar surface area (TPSA) is 4.93 Å². The van der Waals surface area contributed by atoms with E-state index < -0.39 is 0 Å². The number of hydrogen-bond donors (Lipinski definition) is 0. The summed E-state index contributed by atoms with van der Waals surface area (Å²) in [6.45, 7) is 11.7. The third-order valence-electron chi connectivity index (χ3n) is 7.42. The number of nitrogens with zero attached hydrogens (tertiary/aromatic N) is 1. The molecule has 1 aromatic heterocycles. The second kappa shape index (κ2) is 9.70. The lowest BCUT2D eigenvalue weighted by atomic mass is 9.94. The standard InChI is InChI=1S/C31H28FN.C2H6/c1-20-18-26(20)21(2)31-30(25-14-8-9-15-27(25)32)29-24-13-7-6-12-23(24)16-17-28(29)33(31)19-22-10-4-3-5-11-22;1-2/h3-4,6-10,12-17,20,26H,2,5,11,18-19H2,1H3;1-2H3. The van der Waals surface area contributed by atoms with E-state index in [2.05, 4.69) is 72.7 Å². The first-order valence-corrected chi connectivity index (χ1v) is 13.0. The Morgan fingerprint density at radius 1 is 1.03 bits per heavy atom. The lowest BCUT2D eigenvalue weighted by Crippen LogP contribution is -2.07. The molecule has 0 saturated heterocycles. The number of halogens is 1. The van der Waals surface area contributed by atoms with Gasteiger partial charge in [0.05, 0.1) is 11.2 Å². The molecule has 1 fully saturated rings. The van der Waals surface area contributed by atoms with Crippen LogP contribution in [0.25, 0.3) is 38.4 Å². The van der Waals surface area contributed by atoms with Gasteiger partial charge in [0.1, 0.15) is 5.82 Å². The molecule has 6 rings (SSSR count). The van der Waals surface area contributed by atoms with Crippen LogP contribution >= 0.6 is 0 Å². The van der Waals surface area contributed by atoms with Crippen LogP contribution in [-0.4, -0.2) is 4.57 Å². The molecule has 0 amide bonds. The van der Waals surface area contributed by atoms with Crippen molar-refractivity contribution >= 4 is 27.2 Å². The van der Waals surface area contributed by atoms with Crippen molar-refractivity contribution in [3.05, 3.63) is 103 Å². The van der Waals surface area contributed by atoms with Crippen LogP contribution in [0.15, 0.2) is 91.0 Å². The Morgan fingerprint density at radius 3 is 2.49 bits per heavy atom. The molecule has 178 valence electrons. The van der Waals surface area contributed by atoms with Crippen molar-refractivity contribution in [3.63, 3.8) is 0 Å². The molecule has 0 radical (unpaired) electrons. The number of rotatable bonds is 5. The third kappa shape index (κ3) is 4.16. The van der Waals surface area contributed by atoms with Gasteiger partial charge >= 0.3 is 0 Å². The molecule has 3 aromatic carbocycles. The molecule has 1 saturated carbocycles. The van der Waals surface area contributed by atoms with Crippen molar-refractivity contribution in [2.75, 3.05) is 0 Å². The summed E-state index contributed by atoms with van der Waals surface area (Å²) in [6.07, 6.45) is 9.92. The first kappa shape index (κ1) is 23.4. The molecule has 0 bridgehead atoms. The average molecular weight is 464 g/mol. The first-order chi connectivity index (χ1) is 17.1. The van der Waals surface area contributed by atoms with E-state index in [4.69, 9.17) is 0 Å². The van der Waals surface area contributed by atoms with Crippen LogP contribution in [0, 0.1) is 17.7 Å². The Morgan fingerprint density at radius 2 is 1.77 bits per heavy atom. The molecule has 35 heavy (non-hydrogen) atoms. The van der Waals surface area contributed by atoms with E-state index in [1.165, 1.54) is 16.3 Å². The Bertz CT molecular complexity index is 1470. The minimum Gasteiger partial charge on any atom is -0.336 e. The second-order valence-electron chi connectivity index (χ2n) is 9.61. The van der Waals surface area contributed by atoms with Gasteiger partial charge in [-0.2, -0.15) is 0 Å². The van der Waals surface area contributed by atoms with Gasteiger partial charge in [-0.25, -0.2) is 4.39 Å². The van der Waals surface area contributed by atoms with Crippen molar-refractivity contribution < 1.29 is 4.39 Å². The van der Waals surface area contributed by atoms with E-state index in [0.29, 0.717) is 17.4 Å². The fourth-order valence-electron chi connectivity index (χ4n) is 5.52. The number of aromatic nitrogens is 1. The molecule has 2 atom stereocenters. The van der Waals surface area contributed by atoms with Crippen LogP contribution in [0.4, 0.5) is 4.39 Å². The maximum atomic E-state index is 15.3. The summed E-state index contributed by atoms with van der Waals surface area (Å²) in [6, 6.07) is 20.1. The summed E-state index contributed by atoms with van der Waals surface area (Å²) in [5.74, 6) is 0.915. The van der Waals surface area contributed by atoms with Gasteiger partial charge in [-0.3, -0.25) is 0 Å². The Balaban J connectivity index is 0.00000124. The van der Waals surface area contributed by atoms with Crippen molar-refractivity contribution in [1.82, 2.24) is 4.57 Å². The maximum Gasteiger partial charge on any atom is 0.131 e. The van der Waals surface area contributed by atoms with Crippen LogP contribution in [0.3, 0.4) is 0 Å². The summed E-state index contributed by atoms with van der Waals surface area (Å²) in [7, 11) is 0. The Labute approximate surface area is 208 Å². The number of hydrogen-bond acceptors (Lipinski definition) is 0. The zero-order valence-electron chi connectivity index (χ0n) is 21.0. The minimum atomic E-state index is -0.179. The molecule has 1 nitrogen and oxygen atoms in total. The molecule has 2 aliphatic rings. The molecule has 4 aromatic rings. The minimum absolute atomic E-state index is 0.179. The van der Waals surface area contributed by atoms with E-state index in [9.17, 15) is 0 Å². The molecule has 1 heterocycles. The first-order valence-electron chi connectivity index (χ1n) is 13.0. The lowest BCUT2D eigenvalue weighted by Gasteiger charge is -2.17. The predicted molar refractivity (Wildman–Crippen MR) is 149 cm³/mol.